The molecule has 1 aromatic rings. The van der Waals surface area contributed by atoms with Gasteiger partial charge >= 0.3 is 5.69 Å². The summed E-state index contributed by atoms with van der Waals surface area (Å²) < 4.78 is 2.12. The third kappa shape index (κ3) is 2.04. The van der Waals surface area contributed by atoms with Crippen LogP contribution in [0.1, 0.15) is 0 Å². The van der Waals surface area contributed by atoms with E-state index in [2.05, 4.69) is 11.9 Å². The van der Waals surface area contributed by atoms with E-state index in [0.717, 1.165) is 10.6 Å². The molecule has 1 heterocycles. The zero-order chi connectivity index (χ0) is 11.6. The van der Waals surface area contributed by atoms with E-state index in [9.17, 15) is 14.4 Å². The first kappa shape index (κ1) is 11.0. The topological polar surface area (TPSA) is 73.1 Å². The molecule has 0 bridgehead atoms. The molecule has 0 unspecified atom stereocenters. The third-order valence-corrected chi connectivity index (χ3v) is 1.89. The van der Waals surface area contributed by atoms with Gasteiger partial charge in [0, 0.05) is 20.3 Å². The van der Waals surface area contributed by atoms with Crippen LogP contribution in [-0.4, -0.2) is 15.0 Å². The Kier molecular flexibility index (Phi) is 2.89. The van der Waals surface area contributed by atoms with E-state index in [4.69, 9.17) is 0 Å². The van der Waals surface area contributed by atoms with E-state index in [-0.39, 0.29) is 5.69 Å². The van der Waals surface area contributed by atoms with Gasteiger partial charge in [0.2, 0.25) is 5.91 Å². The lowest BCUT2D eigenvalue weighted by Gasteiger charge is -2.06. The summed E-state index contributed by atoms with van der Waals surface area (Å²) in [6.45, 7) is 3.26. The minimum atomic E-state index is -0.548. The molecule has 6 heteroatoms. The van der Waals surface area contributed by atoms with E-state index in [1.54, 1.807) is 0 Å². The number of aromatic nitrogens is 2. The van der Waals surface area contributed by atoms with Gasteiger partial charge in [-0.2, -0.15) is 0 Å². The minimum absolute atomic E-state index is 0.0458. The summed E-state index contributed by atoms with van der Waals surface area (Å²) in [4.78, 5) is 33.8. The van der Waals surface area contributed by atoms with Crippen LogP contribution in [0.2, 0.25) is 0 Å². The summed E-state index contributed by atoms with van der Waals surface area (Å²) in [5.74, 6) is -0.495. The highest BCUT2D eigenvalue weighted by Crippen LogP contribution is 1.94. The Labute approximate surface area is 85.5 Å². The van der Waals surface area contributed by atoms with Crippen LogP contribution in [0.15, 0.2) is 28.4 Å². The zero-order valence-electron chi connectivity index (χ0n) is 8.48. The maximum absolute atomic E-state index is 11.5. The number of hydrogen-bond acceptors (Lipinski definition) is 3. The summed E-state index contributed by atoms with van der Waals surface area (Å²) in [7, 11) is 2.83. The lowest BCUT2D eigenvalue weighted by atomic mass is 10.4. The molecule has 0 atom stereocenters. The molecule has 0 saturated carbocycles. The molecule has 1 rings (SSSR count). The van der Waals surface area contributed by atoms with Gasteiger partial charge in [0.15, 0.2) is 0 Å². The number of hydrogen-bond donors (Lipinski definition) is 1. The molecular weight excluding hydrogens is 198 g/mol. The van der Waals surface area contributed by atoms with Crippen molar-refractivity contribution in [1.82, 2.24) is 9.13 Å². The number of carbonyl (C=O) groups is 1. The molecule has 0 spiro atoms. The maximum atomic E-state index is 11.5. The maximum Gasteiger partial charge on any atom is 0.330 e. The lowest BCUT2D eigenvalue weighted by molar-refractivity contribution is -0.111. The number of carbonyl (C=O) groups excluding carboxylic acids is 1. The first-order chi connectivity index (χ1) is 6.97. The number of nitrogens with one attached hydrogen (secondary N) is 1. The number of amides is 1. The molecule has 0 saturated heterocycles. The summed E-state index contributed by atoms with van der Waals surface area (Å²) in [6, 6.07) is 0. The summed E-state index contributed by atoms with van der Waals surface area (Å²) in [5, 5.41) is 2.32. The summed E-state index contributed by atoms with van der Waals surface area (Å²) in [6.07, 6.45) is 2.32. The minimum Gasteiger partial charge on any atom is -0.317 e. The highest BCUT2D eigenvalue weighted by atomic mass is 16.2. The summed E-state index contributed by atoms with van der Waals surface area (Å²) in [5.41, 5.74) is -0.950. The highest BCUT2D eigenvalue weighted by Gasteiger charge is 2.07. The average Bonchev–Trinajstić information content (AvgIpc) is 2.22. The van der Waals surface area contributed by atoms with Gasteiger partial charge in [0.1, 0.15) is 5.69 Å². The van der Waals surface area contributed by atoms with Crippen molar-refractivity contribution in [3.8, 4) is 0 Å². The second-order valence-corrected chi connectivity index (χ2v) is 2.99. The molecule has 0 aromatic carbocycles. The van der Waals surface area contributed by atoms with Gasteiger partial charge in [0.25, 0.3) is 5.56 Å². The molecule has 1 amide bonds. The van der Waals surface area contributed by atoms with Gasteiger partial charge in [-0.3, -0.25) is 14.2 Å². The molecule has 1 N–H and O–H groups in total. The molecule has 0 radical (unpaired) electrons. The van der Waals surface area contributed by atoms with Gasteiger partial charge in [-0.25, -0.2) is 4.79 Å². The number of nitrogens with zero attached hydrogens (tertiary/aromatic N) is 2. The second kappa shape index (κ2) is 3.95. The van der Waals surface area contributed by atoms with E-state index in [1.165, 1.54) is 24.9 Å². The van der Waals surface area contributed by atoms with Crippen molar-refractivity contribution in [2.24, 2.45) is 14.1 Å². The van der Waals surface area contributed by atoms with Crippen molar-refractivity contribution < 1.29 is 4.79 Å². The van der Waals surface area contributed by atoms with Crippen molar-refractivity contribution in [3.63, 3.8) is 0 Å². The summed E-state index contributed by atoms with van der Waals surface area (Å²) >= 11 is 0. The predicted octanol–water partition coefficient (Wildman–Crippen LogP) is -0.792. The molecule has 6 nitrogen and oxygen atoms in total. The first-order valence-electron chi connectivity index (χ1n) is 4.17. The Balaban J connectivity index is 3.33. The number of rotatable bonds is 2. The fourth-order valence-electron chi connectivity index (χ4n) is 1.08. The Hall–Kier alpha value is -2.11. The van der Waals surface area contributed by atoms with E-state index in [1.807, 2.05) is 0 Å². The van der Waals surface area contributed by atoms with Crippen LogP contribution >= 0.6 is 0 Å². The van der Waals surface area contributed by atoms with Crippen LogP contribution in [0.4, 0.5) is 5.69 Å². The van der Waals surface area contributed by atoms with E-state index in [0.29, 0.717) is 0 Å². The van der Waals surface area contributed by atoms with Crippen LogP contribution < -0.4 is 16.6 Å². The third-order valence-electron chi connectivity index (χ3n) is 1.89. The predicted molar refractivity (Wildman–Crippen MR) is 55.8 cm³/mol. The normalized spacial score (nSPS) is 9.73. The van der Waals surface area contributed by atoms with Gasteiger partial charge < -0.3 is 9.88 Å². The Morgan fingerprint density at radius 1 is 1.47 bits per heavy atom. The smallest absolute Gasteiger partial charge is 0.317 e. The molecule has 0 fully saturated rings. The van der Waals surface area contributed by atoms with Crippen LogP contribution in [0.5, 0.6) is 0 Å². The Morgan fingerprint density at radius 2 is 2.07 bits per heavy atom. The van der Waals surface area contributed by atoms with Crippen LogP contribution in [0.25, 0.3) is 0 Å². The van der Waals surface area contributed by atoms with Gasteiger partial charge in [0.05, 0.1) is 0 Å². The number of aryl methyl sites for hydroxylation is 1. The number of anilines is 1. The van der Waals surface area contributed by atoms with Gasteiger partial charge in [-0.05, 0) is 6.08 Å². The van der Waals surface area contributed by atoms with Crippen molar-refractivity contribution in [2.45, 2.75) is 0 Å². The molecular formula is C9H11N3O3. The molecule has 0 aliphatic carbocycles. The largest absolute Gasteiger partial charge is 0.330 e. The van der Waals surface area contributed by atoms with Gasteiger partial charge in [-0.1, -0.05) is 6.58 Å². The monoisotopic (exact) mass is 209 g/mol. The fraction of sp³-hybridized carbons (Fsp3) is 0.222. The standard InChI is InChI=1S/C9H11N3O3/c1-4-7(13)10-6-5-11(2)9(15)12(3)8(6)14/h4-5H,1H2,2-3H3,(H,10,13). The van der Waals surface area contributed by atoms with Crippen molar-refractivity contribution in [2.75, 3.05) is 5.32 Å². The molecule has 80 valence electrons. The Morgan fingerprint density at radius 3 is 2.60 bits per heavy atom. The van der Waals surface area contributed by atoms with Crippen LogP contribution in [0, 0.1) is 0 Å². The van der Waals surface area contributed by atoms with Crippen LogP contribution in [-0.2, 0) is 18.9 Å². The molecule has 0 aliphatic heterocycles. The van der Waals surface area contributed by atoms with E-state index < -0.39 is 17.2 Å². The van der Waals surface area contributed by atoms with Crippen LogP contribution in [0.3, 0.4) is 0 Å². The van der Waals surface area contributed by atoms with E-state index >= 15 is 0 Å². The highest BCUT2D eigenvalue weighted by molar-refractivity contribution is 5.98. The zero-order valence-corrected chi connectivity index (χ0v) is 8.48. The van der Waals surface area contributed by atoms with Gasteiger partial charge in [-0.15, -0.1) is 0 Å². The van der Waals surface area contributed by atoms with Crippen molar-refractivity contribution >= 4 is 11.6 Å². The molecule has 1 aromatic heterocycles. The molecule has 15 heavy (non-hydrogen) atoms. The quantitative estimate of drug-likeness (QED) is 0.648. The van der Waals surface area contributed by atoms with Crippen molar-refractivity contribution in [1.29, 1.82) is 0 Å². The second-order valence-electron chi connectivity index (χ2n) is 2.99. The Bertz CT molecular complexity index is 524. The fourth-order valence-corrected chi connectivity index (χ4v) is 1.08. The van der Waals surface area contributed by atoms with Crippen molar-refractivity contribution in [3.05, 3.63) is 39.7 Å². The average molecular weight is 209 g/mol. The lowest BCUT2D eigenvalue weighted by Crippen LogP contribution is -2.38. The molecule has 0 aliphatic rings. The SMILES string of the molecule is C=CC(=O)Nc1cn(C)c(=O)n(C)c1=O. The first-order valence-corrected chi connectivity index (χ1v) is 4.17.